The van der Waals surface area contributed by atoms with Crippen molar-refractivity contribution in [3.05, 3.63) is 64.7 Å². The summed E-state index contributed by atoms with van der Waals surface area (Å²) in [5.41, 5.74) is 2.84. The second-order valence-corrected chi connectivity index (χ2v) is 10.6. The summed E-state index contributed by atoms with van der Waals surface area (Å²) in [6.07, 6.45) is -4.71. The van der Waals surface area contributed by atoms with Crippen molar-refractivity contribution in [3.63, 3.8) is 0 Å². The average molecular weight is 468 g/mol. The Morgan fingerprint density at radius 3 is 2.28 bits per heavy atom. The monoisotopic (exact) mass is 467 g/mol. The molecule has 2 heterocycles. The van der Waals surface area contributed by atoms with E-state index >= 15 is 0 Å². The average Bonchev–Trinajstić information content (AvgIpc) is 2.98. The zero-order valence-electron chi connectivity index (χ0n) is 18.4. The van der Waals surface area contributed by atoms with Crippen LogP contribution in [0.2, 0.25) is 0 Å². The molecule has 2 fully saturated rings. The van der Waals surface area contributed by atoms with Gasteiger partial charge in [0.1, 0.15) is 5.25 Å². The minimum atomic E-state index is -4.38. The third-order valence-electron chi connectivity index (χ3n) is 6.70. The summed E-state index contributed by atoms with van der Waals surface area (Å²) in [5, 5.41) is -0.631. The molecule has 2 saturated heterocycles. The summed E-state index contributed by atoms with van der Waals surface area (Å²) >= 11 is 0. The Morgan fingerprint density at radius 2 is 1.66 bits per heavy atom. The van der Waals surface area contributed by atoms with Crippen LogP contribution in [0.4, 0.5) is 18.9 Å². The molecule has 3 atom stereocenters. The zero-order valence-corrected chi connectivity index (χ0v) is 19.2. The number of hydrogen-bond acceptors (Lipinski definition) is 4. The fourth-order valence-corrected chi connectivity index (χ4v) is 6.83. The smallest absolute Gasteiger partial charge is 0.369 e. The SMILES string of the molecule is Cc1ccc(C2C(C)C(N3CCN(c4cccc(C(F)(F)F)c4)CC3)NS2(=O)=O)cc1C. The van der Waals surface area contributed by atoms with Gasteiger partial charge in [-0.25, -0.2) is 8.42 Å². The number of nitrogens with one attached hydrogen (secondary N) is 1. The molecular weight excluding hydrogens is 439 g/mol. The number of anilines is 1. The van der Waals surface area contributed by atoms with Crippen LogP contribution >= 0.6 is 0 Å². The van der Waals surface area contributed by atoms with Crippen molar-refractivity contribution in [1.82, 2.24) is 9.62 Å². The highest BCUT2D eigenvalue weighted by atomic mass is 32.2. The number of piperazine rings is 1. The molecule has 32 heavy (non-hydrogen) atoms. The van der Waals surface area contributed by atoms with E-state index in [1.54, 1.807) is 6.07 Å². The Balaban J connectivity index is 1.48. The first kappa shape index (κ1) is 23.1. The first-order valence-electron chi connectivity index (χ1n) is 10.7. The van der Waals surface area contributed by atoms with E-state index in [1.165, 1.54) is 12.1 Å². The Bertz CT molecular complexity index is 1100. The number of benzene rings is 2. The summed E-state index contributed by atoms with van der Waals surface area (Å²) < 4.78 is 68.0. The second-order valence-electron chi connectivity index (χ2n) is 8.80. The predicted octanol–water partition coefficient (Wildman–Crippen LogP) is 4.08. The zero-order chi connectivity index (χ0) is 23.3. The molecule has 9 heteroatoms. The van der Waals surface area contributed by atoms with Gasteiger partial charge < -0.3 is 4.90 Å². The van der Waals surface area contributed by atoms with Gasteiger partial charge in [0.25, 0.3) is 0 Å². The molecule has 5 nitrogen and oxygen atoms in total. The van der Waals surface area contributed by atoms with Gasteiger partial charge in [-0.2, -0.15) is 17.9 Å². The van der Waals surface area contributed by atoms with E-state index in [9.17, 15) is 21.6 Å². The van der Waals surface area contributed by atoms with Crippen LogP contribution in [0.25, 0.3) is 0 Å². The fraction of sp³-hybridized carbons (Fsp3) is 0.478. The standard InChI is InChI=1S/C23H28F3N3O2S/c1-15-7-8-18(13-16(15)2)21-17(3)22(27-32(21,30)31)29-11-9-28(10-12-29)20-6-4-5-19(14-20)23(24,25)26/h4-8,13-14,17,21-22,27H,9-12H2,1-3H3. The maximum absolute atomic E-state index is 13.0. The van der Waals surface area contributed by atoms with Crippen LogP contribution in [0.15, 0.2) is 42.5 Å². The molecule has 0 amide bonds. The lowest BCUT2D eigenvalue weighted by atomic mass is 9.94. The largest absolute Gasteiger partial charge is 0.416 e. The molecule has 0 spiro atoms. The number of hydrogen-bond donors (Lipinski definition) is 1. The van der Waals surface area contributed by atoms with Crippen molar-refractivity contribution < 1.29 is 21.6 Å². The minimum Gasteiger partial charge on any atom is -0.369 e. The molecule has 0 aromatic heterocycles. The first-order valence-corrected chi connectivity index (χ1v) is 12.3. The molecule has 0 saturated carbocycles. The topological polar surface area (TPSA) is 52.6 Å². The maximum Gasteiger partial charge on any atom is 0.416 e. The molecule has 2 aliphatic rings. The van der Waals surface area contributed by atoms with Crippen LogP contribution in [-0.4, -0.2) is 45.7 Å². The van der Waals surface area contributed by atoms with Crippen molar-refractivity contribution in [1.29, 1.82) is 0 Å². The van der Waals surface area contributed by atoms with Crippen LogP contribution in [0.3, 0.4) is 0 Å². The number of sulfonamides is 1. The van der Waals surface area contributed by atoms with E-state index < -0.39 is 27.0 Å². The van der Waals surface area contributed by atoms with Crippen molar-refractivity contribution in [2.24, 2.45) is 5.92 Å². The summed E-state index contributed by atoms with van der Waals surface area (Å²) in [6, 6.07) is 11.1. The predicted molar refractivity (Wildman–Crippen MR) is 119 cm³/mol. The molecule has 2 aromatic carbocycles. The molecule has 2 aliphatic heterocycles. The lowest BCUT2D eigenvalue weighted by Gasteiger charge is -2.40. The second kappa shape index (κ2) is 8.35. The number of alkyl halides is 3. The van der Waals surface area contributed by atoms with Gasteiger partial charge in [0.05, 0.1) is 11.7 Å². The summed E-state index contributed by atoms with van der Waals surface area (Å²) in [7, 11) is -3.54. The Kier molecular flexibility index (Phi) is 6.02. The van der Waals surface area contributed by atoms with Gasteiger partial charge in [0.15, 0.2) is 0 Å². The van der Waals surface area contributed by atoms with Gasteiger partial charge in [-0.05, 0) is 48.7 Å². The summed E-state index contributed by atoms with van der Waals surface area (Å²) in [6.45, 7) is 8.10. The normalized spacial score (nSPS) is 26.4. The Hall–Kier alpha value is -2.10. The van der Waals surface area contributed by atoms with E-state index in [0.717, 1.165) is 22.8 Å². The van der Waals surface area contributed by atoms with Crippen molar-refractivity contribution in [2.45, 2.75) is 38.4 Å². The summed E-state index contributed by atoms with van der Waals surface area (Å²) in [4.78, 5) is 4.01. The number of halogens is 3. The highest BCUT2D eigenvalue weighted by Gasteiger charge is 2.47. The van der Waals surface area contributed by atoms with Crippen LogP contribution < -0.4 is 9.62 Å². The Labute approximate surface area is 187 Å². The van der Waals surface area contributed by atoms with E-state index in [1.807, 2.05) is 43.9 Å². The maximum atomic E-state index is 13.0. The van der Waals surface area contributed by atoms with Crippen LogP contribution in [-0.2, 0) is 16.2 Å². The number of nitrogens with zero attached hydrogens (tertiary/aromatic N) is 2. The van der Waals surface area contributed by atoms with E-state index in [-0.39, 0.29) is 12.1 Å². The molecule has 2 aromatic rings. The third-order valence-corrected chi connectivity index (χ3v) is 8.64. The lowest BCUT2D eigenvalue weighted by Crippen LogP contribution is -2.55. The fourth-order valence-electron chi connectivity index (χ4n) is 4.77. The molecule has 4 rings (SSSR count). The molecule has 174 valence electrons. The number of rotatable bonds is 3. The number of aryl methyl sites for hydroxylation is 2. The van der Waals surface area contributed by atoms with Crippen molar-refractivity contribution in [2.75, 3.05) is 31.1 Å². The molecular formula is C23H28F3N3O2S. The highest BCUT2D eigenvalue weighted by Crippen LogP contribution is 2.40. The van der Waals surface area contributed by atoms with Crippen LogP contribution in [0.5, 0.6) is 0 Å². The molecule has 0 aliphatic carbocycles. The van der Waals surface area contributed by atoms with E-state index in [2.05, 4.69) is 9.62 Å². The van der Waals surface area contributed by atoms with Crippen LogP contribution in [0, 0.1) is 19.8 Å². The van der Waals surface area contributed by atoms with E-state index in [4.69, 9.17) is 0 Å². The van der Waals surface area contributed by atoms with Gasteiger partial charge in [0.2, 0.25) is 10.0 Å². The van der Waals surface area contributed by atoms with Gasteiger partial charge in [0, 0.05) is 37.8 Å². The van der Waals surface area contributed by atoms with Crippen molar-refractivity contribution in [3.8, 4) is 0 Å². The first-order chi connectivity index (χ1) is 15.0. The Morgan fingerprint density at radius 1 is 0.969 bits per heavy atom. The molecule has 0 bridgehead atoms. The third kappa shape index (κ3) is 4.38. The summed E-state index contributed by atoms with van der Waals surface area (Å²) in [5.74, 6) is -0.165. The lowest BCUT2D eigenvalue weighted by molar-refractivity contribution is -0.137. The van der Waals surface area contributed by atoms with Gasteiger partial charge in [-0.1, -0.05) is 31.2 Å². The van der Waals surface area contributed by atoms with Gasteiger partial charge in [-0.15, -0.1) is 0 Å². The van der Waals surface area contributed by atoms with Gasteiger partial charge in [-0.3, -0.25) is 4.90 Å². The van der Waals surface area contributed by atoms with E-state index in [0.29, 0.717) is 31.9 Å². The molecule has 3 unspecified atom stereocenters. The molecule has 0 radical (unpaired) electrons. The minimum absolute atomic E-state index is 0.165. The van der Waals surface area contributed by atoms with Gasteiger partial charge >= 0.3 is 6.18 Å². The quantitative estimate of drug-likeness (QED) is 0.739. The van der Waals surface area contributed by atoms with Crippen LogP contribution in [0.1, 0.15) is 34.4 Å². The highest BCUT2D eigenvalue weighted by molar-refractivity contribution is 7.90. The molecule has 1 N–H and O–H groups in total. The van der Waals surface area contributed by atoms with Crippen molar-refractivity contribution >= 4 is 15.7 Å².